The van der Waals surface area contributed by atoms with Crippen molar-refractivity contribution in [2.75, 3.05) is 43.0 Å². The lowest BCUT2D eigenvalue weighted by Gasteiger charge is -2.37. The minimum absolute atomic E-state index is 0.0143. The van der Waals surface area contributed by atoms with Gasteiger partial charge in [0.05, 0.1) is 11.4 Å². The lowest BCUT2D eigenvalue weighted by molar-refractivity contribution is -0.134. The molecule has 6 heteroatoms. The molecule has 0 unspecified atom stereocenters. The van der Waals surface area contributed by atoms with Crippen molar-refractivity contribution in [1.29, 1.82) is 0 Å². The van der Waals surface area contributed by atoms with Crippen LogP contribution in [0.2, 0.25) is 0 Å². The number of nitrogens with zero attached hydrogens (tertiary/aromatic N) is 2. The molecule has 6 nitrogen and oxygen atoms in total. The predicted molar refractivity (Wildman–Crippen MR) is 120 cm³/mol. The van der Waals surface area contributed by atoms with E-state index in [0.29, 0.717) is 18.8 Å². The second-order valence-corrected chi connectivity index (χ2v) is 8.07. The Morgan fingerprint density at radius 3 is 2.37 bits per heavy atom. The molecule has 30 heavy (non-hydrogen) atoms. The molecular formula is C24H31N3O3. The molecule has 0 spiro atoms. The Labute approximate surface area is 178 Å². The molecule has 1 fully saturated rings. The number of carbonyl (C=O) groups is 2. The number of ether oxygens (including phenoxy) is 1. The van der Waals surface area contributed by atoms with Gasteiger partial charge in [-0.25, -0.2) is 0 Å². The van der Waals surface area contributed by atoms with Gasteiger partial charge in [-0.3, -0.25) is 9.59 Å². The molecule has 1 N–H and O–H groups in total. The normalized spacial score (nSPS) is 14.0. The van der Waals surface area contributed by atoms with Gasteiger partial charge in [-0.15, -0.1) is 0 Å². The molecule has 1 saturated heterocycles. The van der Waals surface area contributed by atoms with Crippen LogP contribution >= 0.6 is 0 Å². The van der Waals surface area contributed by atoms with Gasteiger partial charge in [0.1, 0.15) is 5.75 Å². The second kappa shape index (κ2) is 9.65. The summed E-state index contributed by atoms with van der Waals surface area (Å²) in [5.74, 6) is 0.696. The van der Waals surface area contributed by atoms with Crippen molar-refractivity contribution in [1.82, 2.24) is 4.90 Å². The Balaban J connectivity index is 1.59. The average molecular weight is 410 g/mol. The fraction of sp³-hybridized carbons (Fsp3) is 0.417. The zero-order valence-electron chi connectivity index (χ0n) is 18.3. The number of amides is 2. The van der Waals surface area contributed by atoms with E-state index in [4.69, 9.17) is 4.74 Å². The van der Waals surface area contributed by atoms with E-state index < -0.39 is 0 Å². The molecule has 1 heterocycles. The summed E-state index contributed by atoms with van der Waals surface area (Å²) in [6, 6.07) is 13.6. The van der Waals surface area contributed by atoms with E-state index in [1.165, 1.54) is 5.56 Å². The molecule has 3 rings (SSSR count). The minimum Gasteiger partial charge on any atom is -0.484 e. The van der Waals surface area contributed by atoms with Crippen LogP contribution in [0.1, 0.15) is 25.0 Å². The van der Waals surface area contributed by atoms with Gasteiger partial charge < -0.3 is 19.9 Å². The molecule has 1 aliphatic heterocycles. The molecule has 2 amide bonds. The van der Waals surface area contributed by atoms with Gasteiger partial charge in [0.15, 0.2) is 6.61 Å². The van der Waals surface area contributed by atoms with E-state index in [1.54, 1.807) is 0 Å². The molecule has 0 saturated carbocycles. The quantitative estimate of drug-likeness (QED) is 0.792. The standard InChI is InChI=1S/C24H31N3O3/c1-17(2)24(29)27-13-11-26(12-14-27)22-8-6-5-7-21(22)25-23(28)16-30-20-10-9-18(3)19(4)15-20/h5-10,15,17H,11-14,16H2,1-4H3,(H,25,28). The molecule has 2 aromatic carbocycles. The lowest BCUT2D eigenvalue weighted by atomic mass is 10.1. The van der Waals surface area contributed by atoms with Crippen LogP contribution in [-0.4, -0.2) is 49.5 Å². The molecule has 0 radical (unpaired) electrons. The average Bonchev–Trinajstić information content (AvgIpc) is 2.74. The first-order valence-corrected chi connectivity index (χ1v) is 10.5. The molecule has 0 aliphatic carbocycles. The Morgan fingerprint density at radius 1 is 1.00 bits per heavy atom. The minimum atomic E-state index is -0.200. The predicted octanol–water partition coefficient (Wildman–Crippen LogP) is 3.63. The zero-order chi connectivity index (χ0) is 21.7. The van der Waals surface area contributed by atoms with Crippen molar-refractivity contribution in [2.24, 2.45) is 5.92 Å². The van der Waals surface area contributed by atoms with Gasteiger partial charge in [-0.2, -0.15) is 0 Å². The maximum absolute atomic E-state index is 12.5. The van der Waals surface area contributed by atoms with Crippen LogP contribution in [-0.2, 0) is 9.59 Å². The van der Waals surface area contributed by atoms with Gasteiger partial charge in [0.2, 0.25) is 5.91 Å². The van der Waals surface area contributed by atoms with E-state index in [2.05, 4.69) is 10.2 Å². The summed E-state index contributed by atoms with van der Waals surface area (Å²) in [5, 5.41) is 2.97. The largest absolute Gasteiger partial charge is 0.484 e. The van der Waals surface area contributed by atoms with Crippen LogP contribution in [0.5, 0.6) is 5.75 Å². The lowest BCUT2D eigenvalue weighted by Crippen LogP contribution is -2.50. The first-order valence-electron chi connectivity index (χ1n) is 10.5. The fourth-order valence-electron chi connectivity index (χ4n) is 3.53. The SMILES string of the molecule is Cc1ccc(OCC(=O)Nc2ccccc2N2CCN(C(=O)C(C)C)CC2)cc1C. The molecular weight excluding hydrogens is 378 g/mol. The van der Waals surface area contributed by atoms with Crippen molar-refractivity contribution in [2.45, 2.75) is 27.7 Å². The van der Waals surface area contributed by atoms with Crippen molar-refractivity contribution in [3.8, 4) is 5.75 Å². The second-order valence-electron chi connectivity index (χ2n) is 8.07. The molecule has 0 bridgehead atoms. The van der Waals surface area contributed by atoms with Crippen LogP contribution in [0.25, 0.3) is 0 Å². The first-order chi connectivity index (χ1) is 14.3. The van der Waals surface area contributed by atoms with Gasteiger partial charge in [-0.05, 0) is 49.2 Å². The van der Waals surface area contributed by atoms with Crippen molar-refractivity contribution in [3.05, 3.63) is 53.6 Å². The van der Waals surface area contributed by atoms with Crippen LogP contribution < -0.4 is 15.0 Å². The molecule has 2 aromatic rings. The zero-order valence-corrected chi connectivity index (χ0v) is 18.3. The van der Waals surface area contributed by atoms with Crippen LogP contribution in [0, 0.1) is 19.8 Å². The third-order valence-corrected chi connectivity index (χ3v) is 5.45. The summed E-state index contributed by atoms with van der Waals surface area (Å²) >= 11 is 0. The third-order valence-electron chi connectivity index (χ3n) is 5.45. The number of piperazine rings is 1. The number of nitrogens with one attached hydrogen (secondary N) is 1. The van der Waals surface area contributed by atoms with Crippen LogP contribution in [0.15, 0.2) is 42.5 Å². The summed E-state index contributed by atoms with van der Waals surface area (Å²) in [7, 11) is 0. The number of para-hydroxylation sites is 2. The maximum atomic E-state index is 12.5. The van der Waals surface area contributed by atoms with E-state index in [9.17, 15) is 9.59 Å². The Hall–Kier alpha value is -3.02. The van der Waals surface area contributed by atoms with Crippen LogP contribution in [0.4, 0.5) is 11.4 Å². The van der Waals surface area contributed by atoms with E-state index >= 15 is 0 Å². The highest BCUT2D eigenvalue weighted by Crippen LogP contribution is 2.27. The summed E-state index contributed by atoms with van der Waals surface area (Å²) in [5.41, 5.74) is 4.05. The van der Waals surface area contributed by atoms with Gasteiger partial charge in [0, 0.05) is 32.1 Å². The van der Waals surface area contributed by atoms with Crippen molar-refractivity contribution < 1.29 is 14.3 Å². The Morgan fingerprint density at radius 2 is 1.70 bits per heavy atom. The number of hydrogen-bond donors (Lipinski definition) is 1. The number of carbonyl (C=O) groups excluding carboxylic acids is 2. The maximum Gasteiger partial charge on any atom is 0.262 e. The Kier molecular flexibility index (Phi) is 6.98. The molecule has 1 aliphatic rings. The van der Waals surface area contributed by atoms with Gasteiger partial charge in [0.25, 0.3) is 5.91 Å². The smallest absolute Gasteiger partial charge is 0.262 e. The van der Waals surface area contributed by atoms with Crippen molar-refractivity contribution in [3.63, 3.8) is 0 Å². The number of aryl methyl sites for hydroxylation is 2. The van der Waals surface area contributed by atoms with Crippen LogP contribution in [0.3, 0.4) is 0 Å². The molecule has 0 aromatic heterocycles. The number of benzene rings is 2. The van der Waals surface area contributed by atoms with Gasteiger partial charge in [-0.1, -0.05) is 32.0 Å². The summed E-state index contributed by atoms with van der Waals surface area (Å²) in [6.45, 7) is 10.7. The molecule has 0 atom stereocenters. The first kappa shape index (κ1) is 21.7. The van der Waals surface area contributed by atoms with E-state index in [1.807, 2.05) is 75.1 Å². The number of anilines is 2. The highest BCUT2D eigenvalue weighted by atomic mass is 16.5. The topological polar surface area (TPSA) is 61.9 Å². The summed E-state index contributed by atoms with van der Waals surface area (Å²) in [6.07, 6.45) is 0. The van der Waals surface area contributed by atoms with Gasteiger partial charge >= 0.3 is 0 Å². The van der Waals surface area contributed by atoms with Crippen molar-refractivity contribution >= 4 is 23.2 Å². The van der Waals surface area contributed by atoms with E-state index in [-0.39, 0.29) is 24.3 Å². The van der Waals surface area contributed by atoms with E-state index in [0.717, 1.165) is 30.0 Å². The number of hydrogen-bond acceptors (Lipinski definition) is 4. The third kappa shape index (κ3) is 5.32. The fourth-order valence-corrected chi connectivity index (χ4v) is 3.53. The Bertz CT molecular complexity index is 902. The summed E-state index contributed by atoms with van der Waals surface area (Å²) in [4.78, 5) is 28.8. The highest BCUT2D eigenvalue weighted by Gasteiger charge is 2.24. The molecule has 160 valence electrons. The number of rotatable bonds is 6. The summed E-state index contributed by atoms with van der Waals surface area (Å²) < 4.78 is 5.65. The monoisotopic (exact) mass is 409 g/mol. The highest BCUT2D eigenvalue weighted by molar-refractivity contribution is 5.95.